The van der Waals surface area contributed by atoms with Crippen molar-refractivity contribution in [3.63, 3.8) is 0 Å². The Hall–Kier alpha value is -7.54. The molecule has 0 heteroatoms. The number of fused-ring (bicyclic) bond motifs is 9. The Morgan fingerprint density at radius 2 is 0.621 bits per heavy atom. The molecule has 0 bridgehead atoms. The first-order chi connectivity index (χ1) is 28.8. The molecule has 266 valence electrons. The predicted octanol–water partition coefficient (Wildman–Crippen LogP) is 16.5. The molecule has 0 nitrogen and oxygen atoms in total. The molecule has 13 rings (SSSR count). The third-order valence-corrected chi connectivity index (χ3v) is 12.9. The molecule has 58 heavy (non-hydrogen) atoms. The van der Waals surface area contributed by atoms with Gasteiger partial charge in [-0.15, -0.1) is 0 Å². The first-order valence-corrected chi connectivity index (χ1v) is 20.2. The summed E-state index contributed by atoms with van der Waals surface area (Å²) in [5, 5.41) is 23.1. The summed E-state index contributed by atoms with van der Waals surface area (Å²) in [5.41, 5.74) is 7.50. The van der Waals surface area contributed by atoms with Crippen LogP contribution in [-0.2, 0) is 0 Å². The molecule has 13 aromatic carbocycles. The van der Waals surface area contributed by atoms with E-state index in [1.807, 2.05) is 0 Å². The Bertz CT molecular complexity index is 3800. The molecule has 0 radical (unpaired) electrons. The highest BCUT2D eigenvalue weighted by molar-refractivity contribution is 6.31. The molecular weight excluding hydrogens is 697 g/mol. The van der Waals surface area contributed by atoms with E-state index in [0.29, 0.717) is 0 Å². The van der Waals surface area contributed by atoms with Gasteiger partial charge in [0.1, 0.15) is 0 Å². The van der Waals surface area contributed by atoms with Crippen molar-refractivity contribution in [1.29, 1.82) is 0 Å². The summed E-state index contributed by atoms with van der Waals surface area (Å²) < 4.78 is 0. The van der Waals surface area contributed by atoms with E-state index < -0.39 is 0 Å². The second kappa shape index (κ2) is 12.0. The van der Waals surface area contributed by atoms with Crippen LogP contribution in [0, 0.1) is 0 Å². The lowest BCUT2D eigenvalue weighted by atomic mass is 9.82. The molecule has 0 N–H and O–H groups in total. The van der Waals surface area contributed by atoms with Crippen molar-refractivity contribution in [3.8, 4) is 33.4 Å². The van der Waals surface area contributed by atoms with Gasteiger partial charge in [-0.05, 0) is 149 Å². The fourth-order valence-electron chi connectivity index (χ4n) is 10.3. The molecule has 0 aliphatic carbocycles. The number of benzene rings is 13. The van der Waals surface area contributed by atoms with Crippen LogP contribution in [-0.4, -0.2) is 0 Å². The molecule has 0 amide bonds. The highest BCUT2D eigenvalue weighted by atomic mass is 14.2. The van der Waals surface area contributed by atoms with Crippen LogP contribution in [0.5, 0.6) is 0 Å². The van der Waals surface area contributed by atoms with Gasteiger partial charge >= 0.3 is 0 Å². The summed E-state index contributed by atoms with van der Waals surface area (Å²) in [7, 11) is 0. The minimum absolute atomic E-state index is 1.22. The molecule has 0 aromatic heterocycles. The number of hydrogen-bond acceptors (Lipinski definition) is 0. The topological polar surface area (TPSA) is 0 Å². The molecule has 0 atom stereocenters. The van der Waals surface area contributed by atoms with E-state index in [-0.39, 0.29) is 0 Å². The van der Waals surface area contributed by atoms with Crippen LogP contribution in [0.4, 0.5) is 0 Å². The van der Waals surface area contributed by atoms with Crippen molar-refractivity contribution >= 4 is 97.0 Å². The van der Waals surface area contributed by atoms with Crippen molar-refractivity contribution in [2.75, 3.05) is 0 Å². The zero-order chi connectivity index (χ0) is 37.9. The molecule has 0 heterocycles. The second-order valence-corrected chi connectivity index (χ2v) is 15.9. The Morgan fingerprint density at radius 3 is 1.36 bits per heavy atom. The van der Waals surface area contributed by atoms with Crippen LogP contribution in [0.25, 0.3) is 130 Å². The van der Waals surface area contributed by atoms with E-state index in [1.54, 1.807) is 0 Å². The monoisotopic (exact) mass is 730 g/mol. The molecule has 0 spiro atoms. The summed E-state index contributed by atoms with van der Waals surface area (Å²) in [6, 6.07) is 77.4. The molecule has 13 aromatic rings. The van der Waals surface area contributed by atoms with Crippen LogP contribution in [0.3, 0.4) is 0 Å². The number of hydrogen-bond donors (Lipinski definition) is 0. The molecule has 0 fully saturated rings. The SMILES string of the molecule is c1ccc2cc(-c3ccc4c(-c5ccc6c7ccccc7c7ccccc7c6c5)c5ccccc5c(-c5ccc6ccc7cccc8ccc5c6c78)c4c3)ccc2c1. The summed E-state index contributed by atoms with van der Waals surface area (Å²) in [6.07, 6.45) is 0. The Labute approximate surface area is 335 Å². The minimum atomic E-state index is 1.22. The fourth-order valence-corrected chi connectivity index (χ4v) is 10.3. The van der Waals surface area contributed by atoms with Gasteiger partial charge in [0.05, 0.1) is 0 Å². The minimum Gasteiger partial charge on any atom is -0.0616 e. The first-order valence-electron chi connectivity index (χ1n) is 20.2. The van der Waals surface area contributed by atoms with Crippen molar-refractivity contribution in [1.82, 2.24) is 0 Å². The van der Waals surface area contributed by atoms with E-state index in [4.69, 9.17) is 0 Å². The first kappa shape index (κ1) is 31.6. The van der Waals surface area contributed by atoms with Crippen molar-refractivity contribution in [3.05, 3.63) is 206 Å². The maximum atomic E-state index is 2.46. The van der Waals surface area contributed by atoms with E-state index in [9.17, 15) is 0 Å². The van der Waals surface area contributed by atoms with Gasteiger partial charge in [0.25, 0.3) is 0 Å². The van der Waals surface area contributed by atoms with E-state index in [1.165, 1.54) is 130 Å². The van der Waals surface area contributed by atoms with Crippen molar-refractivity contribution in [2.24, 2.45) is 0 Å². The van der Waals surface area contributed by atoms with E-state index in [2.05, 4.69) is 206 Å². The molecule has 0 aliphatic rings. The zero-order valence-electron chi connectivity index (χ0n) is 31.6. The van der Waals surface area contributed by atoms with E-state index in [0.717, 1.165) is 0 Å². The van der Waals surface area contributed by atoms with Gasteiger partial charge in [0.2, 0.25) is 0 Å². The summed E-state index contributed by atoms with van der Waals surface area (Å²) in [6.45, 7) is 0. The summed E-state index contributed by atoms with van der Waals surface area (Å²) >= 11 is 0. The van der Waals surface area contributed by atoms with Gasteiger partial charge < -0.3 is 0 Å². The Kier molecular flexibility index (Phi) is 6.54. The van der Waals surface area contributed by atoms with Crippen LogP contribution >= 0.6 is 0 Å². The van der Waals surface area contributed by atoms with Gasteiger partial charge in [-0.3, -0.25) is 0 Å². The molecule has 0 aliphatic heterocycles. The molecule has 0 saturated carbocycles. The third kappa shape index (κ3) is 4.46. The lowest BCUT2D eigenvalue weighted by molar-refractivity contribution is 1.66. The highest BCUT2D eigenvalue weighted by Crippen LogP contribution is 2.49. The van der Waals surface area contributed by atoms with E-state index >= 15 is 0 Å². The zero-order valence-corrected chi connectivity index (χ0v) is 31.6. The van der Waals surface area contributed by atoms with Crippen LogP contribution in [0.2, 0.25) is 0 Å². The second-order valence-electron chi connectivity index (χ2n) is 15.9. The van der Waals surface area contributed by atoms with Gasteiger partial charge in [-0.2, -0.15) is 0 Å². The van der Waals surface area contributed by atoms with Crippen LogP contribution < -0.4 is 0 Å². The van der Waals surface area contributed by atoms with Crippen molar-refractivity contribution in [2.45, 2.75) is 0 Å². The standard InChI is InChI=1S/C58H34/c1-2-11-39-32-40(23-20-35(39)10-1)41-26-31-52-54(33-41)58(51-30-25-38-22-21-36-12-9-13-37-24-29-50(51)57(38)55(36)37)49-19-8-7-18-48(49)56(52)42-27-28-47-45-16-4-3-14-43(45)44-15-5-6-17-46(44)53(47)34-42/h1-34H. The third-order valence-electron chi connectivity index (χ3n) is 12.9. The maximum absolute atomic E-state index is 2.46. The average Bonchev–Trinajstić information content (AvgIpc) is 3.29. The molecular formula is C58H34. The summed E-state index contributed by atoms with van der Waals surface area (Å²) in [5.74, 6) is 0. The highest BCUT2D eigenvalue weighted by Gasteiger charge is 2.21. The fraction of sp³-hybridized carbons (Fsp3) is 0. The smallest absolute Gasteiger partial charge is 0.00199 e. The molecule has 0 unspecified atom stereocenters. The Morgan fingerprint density at radius 1 is 0.190 bits per heavy atom. The van der Waals surface area contributed by atoms with Gasteiger partial charge in [0.15, 0.2) is 0 Å². The van der Waals surface area contributed by atoms with Crippen LogP contribution in [0.15, 0.2) is 206 Å². The number of rotatable bonds is 3. The predicted molar refractivity (Wildman–Crippen MR) is 251 cm³/mol. The lowest BCUT2D eigenvalue weighted by Crippen LogP contribution is -1.94. The van der Waals surface area contributed by atoms with Gasteiger partial charge in [0, 0.05) is 0 Å². The summed E-state index contributed by atoms with van der Waals surface area (Å²) in [4.78, 5) is 0. The molecule has 0 saturated heterocycles. The van der Waals surface area contributed by atoms with Gasteiger partial charge in [-0.25, -0.2) is 0 Å². The Balaban J connectivity index is 1.17. The lowest BCUT2D eigenvalue weighted by Gasteiger charge is -2.21. The average molecular weight is 731 g/mol. The van der Waals surface area contributed by atoms with Crippen LogP contribution in [0.1, 0.15) is 0 Å². The normalized spacial score (nSPS) is 12.1. The maximum Gasteiger partial charge on any atom is -0.00199 e. The van der Waals surface area contributed by atoms with Crippen molar-refractivity contribution < 1.29 is 0 Å². The quantitative estimate of drug-likeness (QED) is 0.125. The van der Waals surface area contributed by atoms with Gasteiger partial charge in [-0.1, -0.05) is 188 Å². The largest absolute Gasteiger partial charge is 0.0616 e.